The summed E-state index contributed by atoms with van der Waals surface area (Å²) in [6, 6.07) is 8.99. The van der Waals surface area contributed by atoms with Gasteiger partial charge in [-0.2, -0.15) is 0 Å². The normalized spacial score (nSPS) is 12.0. The summed E-state index contributed by atoms with van der Waals surface area (Å²) in [5.74, 6) is 0.592. The van der Waals surface area contributed by atoms with Crippen molar-refractivity contribution >= 4 is 17.3 Å². The molecule has 1 heterocycles. The van der Waals surface area contributed by atoms with Crippen LogP contribution in [0.15, 0.2) is 30.3 Å². The number of methoxy groups -OCH3 is 1. The summed E-state index contributed by atoms with van der Waals surface area (Å²) in [6.45, 7) is 3.93. The van der Waals surface area contributed by atoms with Crippen molar-refractivity contribution in [3.63, 3.8) is 0 Å². The van der Waals surface area contributed by atoms with Gasteiger partial charge in [-0.1, -0.05) is 17.7 Å². The van der Waals surface area contributed by atoms with Gasteiger partial charge >= 0.3 is 0 Å². The van der Waals surface area contributed by atoms with Crippen LogP contribution >= 0.6 is 11.6 Å². The fourth-order valence-corrected chi connectivity index (χ4v) is 2.15. The predicted octanol–water partition coefficient (Wildman–Crippen LogP) is 3.93. The minimum Gasteiger partial charge on any atom is -0.504 e. The number of halogens is 1. The molecule has 2 aromatic rings. The third-order valence-electron chi connectivity index (χ3n) is 3.13. The number of nitrogens with zero attached hydrogens (tertiary/aromatic N) is 1. The summed E-state index contributed by atoms with van der Waals surface area (Å²) in [7, 11) is 1.53. The van der Waals surface area contributed by atoms with Gasteiger partial charge in [-0.25, -0.2) is 4.98 Å². The van der Waals surface area contributed by atoms with Gasteiger partial charge in [-0.3, -0.25) is 0 Å². The van der Waals surface area contributed by atoms with E-state index in [9.17, 15) is 5.11 Å². The second-order valence-corrected chi connectivity index (χ2v) is 4.95. The van der Waals surface area contributed by atoms with Crippen LogP contribution in [0.25, 0.3) is 0 Å². The molecule has 1 aromatic heterocycles. The number of hydrogen-bond acceptors (Lipinski definition) is 4. The van der Waals surface area contributed by atoms with Crippen molar-refractivity contribution in [3.8, 4) is 11.5 Å². The van der Waals surface area contributed by atoms with Crippen LogP contribution in [0, 0.1) is 6.92 Å². The van der Waals surface area contributed by atoms with Crippen molar-refractivity contribution in [2.45, 2.75) is 19.9 Å². The standard InChI is InChI=1S/C15H17ClN2O2/c1-9(11-4-6-13(19)14(8-11)20-3)17-12-5-7-15(16)18-10(12)2/h4-9,17,19H,1-3H3. The molecule has 4 nitrogen and oxygen atoms in total. The highest BCUT2D eigenvalue weighted by Gasteiger charge is 2.10. The molecule has 0 aliphatic carbocycles. The number of ether oxygens (including phenoxy) is 1. The minimum absolute atomic E-state index is 0.0474. The highest BCUT2D eigenvalue weighted by Crippen LogP contribution is 2.30. The van der Waals surface area contributed by atoms with Crippen molar-refractivity contribution in [3.05, 3.63) is 46.7 Å². The van der Waals surface area contributed by atoms with Crippen LogP contribution in [-0.2, 0) is 0 Å². The van der Waals surface area contributed by atoms with Gasteiger partial charge in [0.2, 0.25) is 0 Å². The van der Waals surface area contributed by atoms with E-state index in [4.69, 9.17) is 16.3 Å². The van der Waals surface area contributed by atoms with E-state index in [2.05, 4.69) is 10.3 Å². The molecule has 2 N–H and O–H groups in total. The van der Waals surface area contributed by atoms with Gasteiger partial charge in [0.05, 0.1) is 18.5 Å². The van der Waals surface area contributed by atoms with Gasteiger partial charge in [0.1, 0.15) is 5.15 Å². The Morgan fingerprint density at radius 3 is 2.70 bits per heavy atom. The monoisotopic (exact) mass is 292 g/mol. The van der Waals surface area contributed by atoms with E-state index < -0.39 is 0 Å². The van der Waals surface area contributed by atoms with Crippen molar-refractivity contribution in [2.75, 3.05) is 12.4 Å². The number of pyridine rings is 1. The smallest absolute Gasteiger partial charge is 0.160 e. The maximum atomic E-state index is 9.61. The van der Waals surface area contributed by atoms with Crippen LogP contribution in [-0.4, -0.2) is 17.2 Å². The van der Waals surface area contributed by atoms with Crippen molar-refractivity contribution in [1.82, 2.24) is 4.98 Å². The number of nitrogens with one attached hydrogen (secondary N) is 1. The van der Waals surface area contributed by atoms with Crippen LogP contribution in [0.5, 0.6) is 11.5 Å². The number of rotatable bonds is 4. The molecular weight excluding hydrogens is 276 g/mol. The Morgan fingerprint density at radius 1 is 1.30 bits per heavy atom. The number of aromatic nitrogens is 1. The Kier molecular flexibility index (Phi) is 4.35. The number of benzene rings is 1. The van der Waals surface area contributed by atoms with Gasteiger partial charge in [0, 0.05) is 6.04 Å². The first-order chi connectivity index (χ1) is 9.51. The van der Waals surface area contributed by atoms with E-state index in [0.29, 0.717) is 10.9 Å². The lowest BCUT2D eigenvalue weighted by Crippen LogP contribution is -2.08. The molecule has 1 unspecified atom stereocenters. The van der Waals surface area contributed by atoms with E-state index in [1.54, 1.807) is 12.1 Å². The zero-order valence-electron chi connectivity index (χ0n) is 11.6. The van der Waals surface area contributed by atoms with Crippen LogP contribution in [0.2, 0.25) is 5.15 Å². The fraction of sp³-hybridized carbons (Fsp3) is 0.267. The molecule has 106 valence electrons. The van der Waals surface area contributed by atoms with Crippen molar-refractivity contribution in [2.24, 2.45) is 0 Å². The molecule has 0 saturated heterocycles. The average Bonchev–Trinajstić information content (AvgIpc) is 2.42. The second-order valence-electron chi connectivity index (χ2n) is 4.56. The first kappa shape index (κ1) is 14.5. The predicted molar refractivity (Wildman–Crippen MR) is 80.7 cm³/mol. The van der Waals surface area contributed by atoms with Crippen LogP contribution in [0.4, 0.5) is 5.69 Å². The Balaban J connectivity index is 2.21. The average molecular weight is 293 g/mol. The third kappa shape index (κ3) is 3.14. The molecule has 0 spiro atoms. The van der Waals surface area contributed by atoms with E-state index in [0.717, 1.165) is 16.9 Å². The quantitative estimate of drug-likeness (QED) is 0.838. The van der Waals surface area contributed by atoms with Crippen molar-refractivity contribution in [1.29, 1.82) is 0 Å². The topological polar surface area (TPSA) is 54.4 Å². The molecule has 1 aromatic carbocycles. The van der Waals surface area contributed by atoms with Gasteiger partial charge in [-0.05, 0) is 43.7 Å². The Morgan fingerprint density at radius 2 is 2.05 bits per heavy atom. The molecule has 0 amide bonds. The summed E-state index contributed by atoms with van der Waals surface area (Å²) in [4.78, 5) is 4.21. The number of phenolic OH excluding ortho intramolecular Hbond substituents is 1. The summed E-state index contributed by atoms with van der Waals surface area (Å²) in [6.07, 6.45) is 0. The number of aromatic hydroxyl groups is 1. The van der Waals surface area contributed by atoms with Gasteiger partial charge in [0.25, 0.3) is 0 Å². The zero-order chi connectivity index (χ0) is 14.7. The third-order valence-corrected chi connectivity index (χ3v) is 3.34. The first-order valence-electron chi connectivity index (χ1n) is 6.28. The SMILES string of the molecule is COc1cc(C(C)Nc2ccc(Cl)nc2C)ccc1O. The molecule has 0 bridgehead atoms. The Bertz CT molecular complexity index is 617. The second kappa shape index (κ2) is 6.01. The molecule has 5 heteroatoms. The van der Waals surface area contributed by atoms with Crippen LogP contribution < -0.4 is 10.1 Å². The van der Waals surface area contributed by atoms with Gasteiger partial charge in [-0.15, -0.1) is 0 Å². The number of aryl methyl sites for hydroxylation is 1. The molecule has 0 aliphatic rings. The Hall–Kier alpha value is -1.94. The zero-order valence-corrected chi connectivity index (χ0v) is 12.4. The molecule has 0 fully saturated rings. The maximum Gasteiger partial charge on any atom is 0.160 e. The maximum absolute atomic E-state index is 9.61. The Labute approximate surface area is 123 Å². The molecule has 1 atom stereocenters. The number of phenols is 1. The van der Waals surface area contributed by atoms with E-state index in [-0.39, 0.29) is 11.8 Å². The van der Waals surface area contributed by atoms with E-state index >= 15 is 0 Å². The summed E-state index contributed by atoms with van der Waals surface area (Å²) < 4.78 is 5.12. The molecule has 0 aliphatic heterocycles. The lowest BCUT2D eigenvalue weighted by molar-refractivity contribution is 0.373. The molecule has 0 radical (unpaired) electrons. The summed E-state index contributed by atoms with van der Waals surface area (Å²) in [5, 5.41) is 13.5. The highest BCUT2D eigenvalue weighted by atomic mass is 35.5. The molecule has 20 heavy (non-hydrogen) atoms. The summed E-state index contributed by atoms with van der Waals surface area (Å²) >= 11 is 5.84. The van der Waals surface area contributed by atoms with E-state index in [1.807, 2.05) is 32.0 Å². The largest absolute Gasteiger partial charge is 0.504 e. The van der Waals surface area contributed by atoms with Crippen molar-refractivity contribution < 1.29 is 9.84 Å². The van der Waals surface area contributed by atoms with Crippen LogP contribution in [0.1, 0.15) is 24.2 Å². The molecular formula is C15H17ClN2O2. The molecule has 0 saturated carbocycles. The number of anilines is 1. The lowest BCUT2D eigenvalue weighted by atomic mass is 10.1. The minimum atomic E-state index is 0.0474. The highest BCUT2D eigenvalue weighted by molar-refractivity contribution is 6.29. The van der Waals surface area contributed by atoms with E-state index in [1.165, 1.54) is 7.11 Å². The van der Waals surface area contributed by atoms with Gasteiger partial charge < -0.3 is 15.2 Å². The summed E-state index contributed by atoms with van der Waals surface area (Å²) in [5.41, 5.74) is 2.78. The fourth-order valence-electron chi connectivity index (χ4n) is 1.96. The lowest BCUT2D eigenvalue weighted by Gasteiger charge is -2.18. The van der Waals surface area contributed by atoms with Gasteiger partial charge in [0.15, 0.2) is 11.5 Å². The first-order valence-corrected chi connectivity index (χ1v) is 6.65. The van der Waals surface area contributed by atoms with Crippen LogP contribution in [0.3, 0.4) is 0 Å². The number of hydrogen-bond donors (Lipinski definition) is 2. The molecule has 2 rings (SSSR count).